The Morgan fingerprint density at radius 1 is 1.09 bits per heavy atom. The normalized spacial score (nSPS) is 15.3. The molecule has 1 aliphatic heterocycles. The first kappa shape index (κ1) is 13.2. The van der Waals surface area contributed by atoms with E-state index in [2.05, 4.69) is 15.9 Å². The molecule has 0 unspecified atom stereocenters. The van der Waals surface area contributed by atoms with Gasteiger partial charge in [-0.15, -0.1) is 0 Å². The maximum atomic E-state index is 12.3. The fraction of sp³-hybridized carbons (Fsp3) is 0. The van der Waals surface area contributed by atoms with Gasteiger partial charge in [0.05, 0.1) is 5.56 Å². The van der Waals surface area contributed by atoms with Gasteiger partial charge in [0.15, 0.2) is 5.76 Å². The van der Waals surface area contributed by atoms with Gasteiger partial charge < -0.3 is 14.3 Å². The molecule has 1 aliphatic rings. The number of carbonyl (C=O) groups excluding carboxylic acids is 1. The average molecular weight is 357 g/mol. The van der Waals surface area contributed by atoms with E-state index < -0.39 is 0 Å². The molecule has 2 heterocycles. The third-order valence-corrected chi connectivity index (χ3v) is 3.92. The molecule has 0 fully saturated rings. The molecule has 0 spiro atoms. The Balaban J connectivity index is 1.75. The number of phenols is 1. The highest BCUT2D eigenvalue weighted by Crippen LogP contribution is 2.35. The number of hydrogen-bond donors (Lipinski definition) is 1. The van der Waals surface area contributed by atoms with Crippen LogP contribution in [-0.2, 0) is 0 Å². The van der Waals surface area contributed by atoms with E-state index >= 15 is 0 Å². The van der Waals surface area contributed by atoms with Crippen LogP contribution in [0.15, 0.2) is 57.1 Å². The molecule has 0 bridgehead atoms. The van der Waals surface area contributed by atoms with E-state index in [1.165, 1.54) is 12.1 Å². The van der Waals surface area contributed by atoms with Crippen LogP contribution in [0.2, 0.25) is 0 Å². The van der Waals surface area contributed by atoms with E-state index in [9.17, 15) is 9.90 Å². The number of Topliss-reactive ketones (excluding diaryl/α,β-unsaturated/α-hetero) is 1. The second kappa shape index (κ2) is 4.74. The number of halogens is 1. The third kappa shape index (κ3) is 2.10. The molecule has 0 atom stereocenters. The van der Waals surface area contributed by atoms with E-state index in [-0.39, 0.29) is 17.3 Å². The topological polar surface area (TPSA) is 59.7 Å². The largest absolute Gasteiger partial charge is 0.508 e. The van der Waals surface area contributed by atoms with Gasteiger partial charge in [-0.3, -0.25) is 4.79 Å². The molecule has 108 valence electrons. The molecule has 0 saturated carbocycles. The molecule has 4 rings (SSSR count). The quantitative estimate of drug-likeness (QED) is 0.651. The number of fused-ring (bicyclic) bond motifs is 2. The SMILES string of the molecule is O=C1/C(=C/c2cc3cc(Br)ccc3o2)Oc2cc(O)ccc21. The van der Waals surface area contributed by atoms with Gasteiger partial charge in [0, 0.05) is 22.0 Å². The van der Waals surface area contributed by atoms with Crippen LogP contribution in [0.1, 0.15) is 16.1 Å². The van der Waals surface area contributed by atoms with Crippen molar-refractivity contribution in [1.82, 2.24) is 0 Å². The second-order valence-corrected chi connectivity index (χ2v) is 5.87. The summed E-state index contributed by atoms with van der Waals surface area (Å²) in [6.07, 6.45) is 1.56. The molecule has 0 amide bonds. The minimum Gasteiger partial charge on any atom is -0.508 e. The lowest BCUT2D eigenvalue weighted by Crippen LogP contribution is -1.97. The van der Waals surface area contributed by atoms with Crippen LogP contribution in [0.5, 0.6) is 11.5 Å². The number of furan rings is 1. The Kier molecular flexibility index (Phi) is 2.84. The third-order valence-electron chi connectivity index (χ3n) is 3.42. The zero-order chi connectivity index (χ0) is 15.3. The van der Waals surface area contributed by atoms with Gasteiger partial charge in [-0.05, 0) is 36.4 Å². The van der Waals surface area contributed by atoms with E-state index in [4.69, 9.17) is 9.15 Å². The maximum Gasteiger partial charge on any atom is 0.232 e. The average Bonchev–Trinajstić information content (AvgIpc) is 3.00. The summed E-state index contributed by atoms with van der Waals surface area (Å²) in [5.74, 6) is 0.903. The van der Waals surface area contributed by atoms with Gasteiger partial charge >= 0.3 is 0 Å². The van der Waals surface area contributed by atoms with Gasteiger partial charge in [0.25, 0.3) is 0 Å². The summed E-state index contributed by atoms with van der Waals surface area (Å²) in [5.41, 5.74) is 1.17. The Morgan fingerprint density at radius 3 is 2.82 bits per heavy atom. The van der Waals surface area contributed by atoms with Crippen molar-refractivity contribution in [2.24, 2.45) is 0 Å². The van der Waals surface area contributed by atoms with Crippen molar-refractivity contribution in [3.63, 3.8) is 0 Å². The van der Waals surface area contributed by atoms with Crippen molar-refractivity contribution in [3.8, 4) is 11.5 Å². The molecule has 5 heteroatoms. The Labute approximate surface area is 133 Å². The monoisotopic (exact) mass is 356 g/mol. The van der Waals surface area contributed by atoms with Crippen molar-refractivity contribution in [2.45, 2.75) is 0 Å². The highest BCUT2D eigenvalue weighted by molar-refractivity contribution is 9.10. The van der Waals surface area contributed by atoms with E-state index in [0.717, 1.165) is 15.4 Å². The number of rotatable bonds is 1. The van der Waals surface area contributed by atoms with Gasteiger partial charge in [0.2, 0.25) is 5.78 Å². The summed E-state index contributed by atoms with van der Waals surface area (Å²) in [6, 6.07) is 11.9. The van der Waals surface area contributed by atoms with Crippen LogP contribution in [0.3, 0.4) is 0 Å². The molecule has 0 aliphatic carbocycles. The van der Waals surface area contributed by atoms with Crippen molar-refractivity contribution >= 4 is 38.8 Å². The summed E-state index contributed by atoms with van der Waals surface area (Å²) in [7, 11) is 0. The maximum absolute atomic E-state index is 12.3. The summed E-state index contributed by atoms with van der Waals surface area (Å²) < 4.78 is 12.1. The first-order valence-electron chi connectivity index (χ1n) is 6.56. The van der Waals surface area contributed by atoms with Gasteiger partial charge in [-0.25, -0.2) is 0 Å². The predicted octanol–water partition coefficient (Wildman–Crippen LogP) is 4.52. The van der Waals surface area contributed by atoms with Crippen LogP contribution >= 0.6 is 15.9 Å². The molecular weight excluding hydrogens is 348 g/mol. The molecule has 0 radical (unpaired) electrons. The lowest BCUT2D eigenvalue weighted by Gasteiger charge is -1.97. The van der Waals surface area contributed by atoms with Crippen molar-refractivity contribution in [2.75, 3.05) is 0 Å². The molecular formula is C17H9BrO4. The van der Waals surface area contributed by atoms with Crippen LogP contribution in [0.25, 0.3) is 17.0 Å². The lowest BCUT2D eigenvalue weighted by atomic mass is 10.1. The molecule has 22 heavy (non-hydrogen) atoms. The number of phenolic OH excluding ortho intramolecular Hbond substituents is 1. The molecule has 3 aromatic rings. The fourth-order valence-electron chi connectivity index (χ4n) is 2.41. The van der Waals surface area contributed by atoms with E-state index in [0.29, 0.717) is 17.1 Å². The molecule has 1 N–H and O–H groups in total. The van der Waals surface area contributed by atoms with Crippen LogP contribution < -0.4 is 4.74 Å². The zero-order valence-electron chi connectivity index (χ0n) is 11.2. The number of ether oxygens (including phenoxy) is 1. The number of aromatic hydroxyl groups is 1. The zero-order valence-corrected chi connectivity index (χ0v) is 12.8. The van der Waals surface area contributed by atoms with Crippen molar-refractivity contribution in [1.29, 1.82) is 0 Å². The number of allylic oxidation sites excluding steroid dienone is 1. The highest BCUT2D eigenvalue weighted by Gasteiger charge is 2.27. The van der Waals surface area contributed by atoms with E-state index in [1.807, 2.05) is 24.3 Å². The lowest BCUT2D eigenvalue weighted by molar-refractivity contribution is 0.101. The highest BCUT2D eigenvalue weighted by atomic mass is 79.9. The molecule has 0 saturated heterocycles. The van der Waals surface area contributed by atoms with Gasteiger partial charge in [-0.2, -0.15) is 0 Å². The number of carbonyl (C=O) groups is 1. The number of ketones is 1. The van der Waals surface area contributed by atoms with Crippen LogP contribution in [0, 0.1) is 0 Å². The molecule has 4 nitrogen and oxygen atoms in total. The number of benzene rings is 2. The van der Waals surface area contributed by atoms with Gasteiger partial charge in [-0.1, -0.05) is 15.9 Å². The Hall–Kier alpha value is -2.53. The first-order chi connectivity index (χ1) is 10.6. The summed E-state index contributed by atoms with van der Waals surface area (Å²) in [5, 5.41) is 10.4. The second-order valence-electron chi connectivity index (χ2n) is 4.95. The minimum absolute atomic E-state index is 0.0568. The standard InChI is InChI=1S/C17H9BrO4/c18-10-1-4-14-9(5-10)6-12(21-14)8-16-17(20)13-3-2-11(19)7-15(13)22-16/h1-8,19H/b16-8-. The van der Waals surface area contributed by atoms with Crippen molar-refractivity contribution < 1.29 is 19.1 Å². The minimum atomic E-state index is -0.225. The van der Waals surface area contributed by atoms with Gasteiger partial charge in [0.1, 0.15) is 22.8 Å². The Bertz CT molecular complexity index is 952. The van der Waals surface area contributed by atoms with Crippen molar-refractivity contribution in [3.05, 3.63) is 64.0 Å². The number of hydrogen-bond acceptors (Lipinski definition) is 4. The summed E-state index contributed by atoms with van der Waals surface area (Å²) >= 11 is 3.41. The van der Waals surface area contributed by atoms with E-state index in [1.54, 1.807) is 12.1 Å². The Morgan fingerprint density at radius 2 is 1.95 bits per heavy atom. The smallest absolute Gasteiger partial charge is 0.232 e. The first-order valence-corrected chi connectivity index (χ1v) is 7.36. The van der Waals surface area contributed by atoms with Crippen LogP contribution in [-0.4, -0.2) is 10.9 Å². The molecule has 1 aromatic heterocycles. The molecule has 2 aromatic carbocycles. The predicted molar refractivity (Wildman–Crippen MR) is 85.0 cm³/mol. The fourth-order valence-corrected chi connectivity index (χ4v) is 2.79. The summed E-state index contributed by atoms with van der Waals surface area (Å²) in [6.45, 7) is 0. The van der Waals surface area contributed by atoms with Crippen LogP contribution in [0.4, 0.5) is 0 Å². The summed E-state index contributed by atoms with van der Waals surface area (Å²) in [4.78, 5) is 12.3.